The van der Waals surface area contributed by atoms with E-state index >= 15 is 0 Å². The SMILES string of the molecule is O=C(Nc1cccc([N+](=O)[O-])c1)N[C@H]1CCCC[C@H]1O. The third-order valence-corrected chi connectivity index (χ3v) is 3.36. The predicted octanol–water partition coefficient (Wildman–Crippen LogP) is 2.02. The van der Waals surface area contributed by atoms with Gasteiger partial charge in [0, 0.05) is 17.8 Å². The monoisotopic (exact) mass is 279 g/mol. The van der Waals surface area contributed by atoms with E-state index in [0.717, 1.165) is 19.3 Å². The van der Waals surface area contributed by atoms with Crippen molar-refractivity contribution in [2.45, 2.75) is 37.8 Å². The summed E-state index contributed by atoms with van der Waals surface area (Å²) in [4.78, 5) is 21.9. The number of anilines is 1. The highest BCUT2D eigenvalue weighted by molar-refractivity contribution is 5.89. The number of nitrogens with zero attached hydrogens (tertiary/aromatic N) is 1. The van der Waals surface area contributed by atoms with E-state index in [0.29, 0.717) is 12.1 Å². The second-order valence-corrected chi connectivity index (χ2v) is 4.86. The van der Waals surface area contributed by atoms with E-state index in [2.05, 4.69) is 10.6 Å². The molecule has 0 spiro atoms. The molecule has 2 rings (SSSR count). The highest BCUT2D eigenvalue weighted by atomic mass is 16.6. The fraction of sp³-hybridized carbons (Fsp3) is 0.462. The molecule has 0 heterocycles. The molecule has 7 nitrogen and oxygen atoms in total. The first-order valence-corrected chi connectivity index (χ1v) is 6.56. The summed E-state index contributed by atoms with van der Waals surface area (Å²) in [5.74, 6) is 0. The normalized spacial score (nSPS) is 22.1. The maximum Gasteiger partial charge on any atom is 0.319 e. The van der Waals surface area contributed by atoms with Crippen molar-refractivity contribution < 1.29 is 14.8 Å². The molecule has 20 heavy (non-hydrogen) atoms. The molecule has 2 atom stereocenters. The van der Waals surface area contributed by atoms with Gasteiger partial charge >= 0.3 is 6.03 Å². The van der Waals surface area contributed by atoms with Gasteiger partial charge in [0.1, 0.15) is 0 Å². The number of benzene rings is 1. The Labute approximate surface area is 116 Å². The van der Waals surface area contributed by atoms with Crippen LogP contribution in [0, 0.1) is 10.1 Å². The van der Waals surface area contributed by atoms with Crippen LogP contribution in [0.5, 0.6) is 0 Å². The van der Waals surface area contributed by atoms with Crippen LogP contribution in [0.3, 0.4) is 0 Å². The van der Waals surface area contributed by atoms with Crippen LogP contribution >= 0.6 is 0 Å². The number of non-ortho nitro benzene ring substituents is 1. The number of hydrogen-bond acceptors (Lipinski definition) is 4. The molecule has 108 valence electrons. The van der Waals surface area contributed by atoms with Crippen LogP contribution in [0.25, 0.3) is 0 Å². The van der Waals surface area contributed by atoms with Crippen LogP contribution in [0.15, 0.2) is 24.3 Å². The van der Waals surface area contributed by atoms with Crippen molar-refractivity contribution in [3.63, 3.8) is 0 Å². The minimum absolute atomic E-state index is 0.0829. The summed E-state index contributed by atoms with van der Waals surface area (Å²) >= 11 is 0. The molecule has 0 radical (unpaired) electrons. The summed E-state index contributed by atoms with van der Waals surface area (Å²) < 4.78 is 0. The highest BCUT2D eigenvalue weighted by Gasteiger charge is 2.24. The number of nitro groups is 1. The fourth-order valence-electron chi connectivity index (χ4n) is 2.31. The summed E-state index contributed by atoms with van der Waals surface area (Å²) in [5.41, 5.74) is 0.266. The summed E-state index contributed by atoms with van der Waals surface area (Å²) in [5, 5.41) is 25.6. The molecule has 2 amide bonds. The number of carbonyl (C=O) groups excluding carboxylic acids is 1. The zero-order chi connectivity index (χ0) is 14.5. The standard InChI is InChI=1S/C13H17N3O4/c17-12-7-2-1-6-11(12)15-13(18)14-9-4-3-5-10(8-9)16(19)20/h3-5,8,11-12,17H,1-2,6-7H2,(H2,14,15,18)/t11-,12+/m0/s1. The Balaban J connectivity index is 1.94. The lowest BCUT2D eigenvalue weighted by atomic mass is 9.93. The van der Waals surface area contributed by atoms with Crippen LogP contribution in [-0.4, -0.2) is 28.2 Å². The zero-order valence-corrected chi connectivity index (χ0v) is 10.9. The molecular weight excluding hydrogens is 262 g/mol. The molecule has 3 N–H and O–H groups in total. The first-order chi connectivity index (χ1) is 9.56. The summed E-state index contributed by atoms with van der Waals surface area (Å²) in [6.07, 6.45) is 2.83. The maximum atomic E-state index is 11.8. The molecule has 1 saturated carbocycles. The largest absolute Gasteiger partial charge is 0.391 e. The average molecular weight is 279 g/mol. The van der Waals surface area contributed by atoms with Gasteiger partial charge in [-0.25, -0.2) is 4.79 Å². The van der Waals surface area contributed by atoms with E-state index in [9.17, 15) is 20.0 Å². The average Bonchev–Trinajstić information content (AvgIpc) is 2.41. The number of aliphatic hydroxyl groups is 1. The van der Waals surface area contributed by atoms with Gasteiger partial charge in [-0.15, -0.1) is 0 Å². The number of rotatable bonds is 3. The Morgan fingerprint density at radius 2 is 2.10 bits per heavy atom. The fourth-order valence-corrected chi connectivity index (χ4v) is 2.31. The van der Waals surface area contributed by atoms with E-state index in [1.54, 1.807) is 6.07 Å². The Morgan fingerprint density at radius 3 is 2.80 bits per heavy atom. The summed E-state index contributed by atoms with van der Waals surface area (Å²) in [6.45, 7) is 0. The smallest absolute Gasteiger partial charge is 0.319 e. The second-order valence-electron chi connectivity index (χ2n) is 4.86. The van der Waals surface area contributed by atoms with Gasteiger partial charge in [0.05, 0.1) is 17.1 Å². The highest BCUT2D eigenvalue weighted by Crippen LogP contribution is 2.19. The quantitative estimate of drug-likeness (QED) is 0.581. The number of carbonyl (C=O) groups is 1. The van der Waals surface area contributed by atoms with Crippen molar-refractivity contribution in [2.75, 3.05) is 5.32 Å². The number of urea groups is 1. The van der Waals surface area contributed by atoms with Gasteiger partial charge < -0.3 is 15.7 Å². The van der Waals surface area contributed by atoms with Gasteiger partial charge in [0.25, 0.3) is 5.69 Å². The van der Waals surface area contributed by atoms with Crippen molar-refractivity contribution in [1.82, 2.24) is 5.32 Å². The molecule has 1 aromatic rings. The van der Waals surface area contributed by atoms with Crippen LogP contribution in [0.2, 0.25) is 0 Å². The number of nitro benzene ring substituents is 1. The maximum absolute atomic E-state index is 11.8. The van der Waals surface area contributed by atoms with Crippen molar-refractivity contribution in [3.8, 4) is 0 Å². The predicted molar refractivity (Wildman–Crippen MR) is 73.5 cm³/mol. The number of amides is 2. The minimum atomic E-state index is -0.528. The first-order valence-electron chi connectivity index (χ1n) is 6.56. The Hall–Kier alpha value is -2.15. The molecule has 1 aromatic carbocycles. The van der Waals surface area contributed by atoms with E-state index in [1.165, 1.54) is 18.2 Å². The molecule has 1 fully saturated rings. The van der Waals surface area contributed by atoms with Crippen molar-refractivity contribution in [1.29, 1.82) is 0 Å². The lowest BCUT2D eigenvalue weighted by Crippen LogP contribution is -2.46. The van der Waals surface area contributed by atoms with Crippen LogP contribution < -0.4 is 10.6 Å². The van der Waals surface area contributed by atoms with E-state index in [4.69, 9.17) is 0 Å². The van der Waals surface area contributed by atoms with Gasteiger partial charge in [-0.2, -0.15) is 0 Å². The van der Waals surface area contributed by atoms with Crippen molar-refractivity contribution in [3.05, 3.63) is 34.4 Å². The van der Waals surface area contributed by atoms with Gasteiger partial charge in [-0.3, -0.25) is 10.1 Å². The lowest BCUT2D eigenvalue weighted by Gasteiger charge is -2.28. The summed E-state index contributed by atoms with van der Waals surface area (Å²) in [6, 6.07) is 5.00. The molecule has 7 heteroatoms. The number of nitrogens with one attached hydrogen (secondary N) is 2. The van der Waals surface area contributed by atoms with Gasteiger partial charge in [0.2, 0.25) is 0 Å². The topological polar surface area (TPSA) is 104 Å². The molecule has 1 aliphatic carbocycles. The van der Waals surface area contributed by atoms with Crippen molar-refractivity contribution >= 4 is 17.4 Å². The van der Waals surface area contributed by atoms with E-state index in [1.807, 2.05) is 0 Å². The molecule has 1 aliphatic rings. The Kier molecular flexibility index (Phi) is 4.52. The molecular formula is C13H17N3O4. The van der Waals surface area contributed by atoms with Crippen molar-refractivity contribution in [2.24, 2.45) is 0 Å². The van der Waals surface area contributed by atoms with Crippen LogP contribution in [-0.2, 0) is 0 Å². The van der Waals surface area contributed by atoms with E-state index in [-0.39, 0.29) is 11.7 Å². The minimum Gasteiger partial charge on any atom is -0.391 e. The van der Waals surface area contributed by atoms with Crippen LogP contribution in [0.1, 0.15) is 25.7 Å². The molecule has 0 aromatic heterocycles. The Bertz CT molecular complexity index is 506. The van der Waals surface area contributed by atoms with E-state index < -0.39 is 17.1 Å². The zero-order valence-electron chi connectivity index (χ0n) is 10.9. The Morgan fingerprint density at radius 1 is 1.35 bits per heavy atom. The second kappa shape index (κ2) is 6.33. The molecule has 0 saturated heterocycles. The van der Waals surface area contributed by atoms with Gasteiger partial charge in [-0.05, 0) is 18.9 Å². The third-order valence-electron chi connectivity index (χ3n) is 3.36. The molecule has 0 bridgehead atoms. The summed E-state index contributed by atoms with van der Waals surface area (Å²) in [7, 11) is 0. The number of hydrogen-bond donors (Lipinski definition) is 3. The van der Waals surface area contributed by atoms with Gasteiger partial charge in [0.15, 0.2) is 0 Å². The molecule has 0 aliphatic heterocycles. The lowest BCUT2D eigenvalue weighted by molar-refractivity contribution is -0.384. The number of aliphatic hydroxyl groups excluding tert-OH is 1. The van der Waals surface area contributed by atoms with Gasteiger partial charge in [-0.1, -0.05) is 18.9 Å². The molecule has 0 unspecified atom stereocenters. The van der Waals surface area contributed by atoms with Crippen LogP contribution in [0.4, 0.5) is 16.2 Å². The first kappa shape index (κ1) is 14.3. The third kappa shape index (κ3) is 3.67.